The summed E-state index contributed by atoms with van der Waals surface area (Å²) in [5.74, 6) is 1.77. The molecule has 302 valence electrons. The molecule has 2 nitrogen and oxygen atoms in total. The van der Waals surface area contributed by atoms with Crippen LogP contribution in [0.5, 0.6) is 11.5 Å². The standard InChI is InChI=1S/C61H46O2/c1-59(2,3)37-23-25-41-42-26-24-38(60(4,5)6)34-52(42)61(51(41)33-37)49-18-9-7-14-46(49)57-40(15-12-19-50(57)61)36-22-29-55-48(32-36)45-17-11-16-44-39(27-30-56(63-55)58(44)45)35-21-28-54-47(31-35)43-13-8-10-20-53(43)62-54/h7-34H,1-6H3. The average Bonchev–Trinajstić information content (AvgIpc) is 3.92. The Bertz CT molecular complexity index is 3560. The van der Waals surface area contributed by atoms with Gasteiger partial charge in [-0.3, -0.25) is 0 Å². The van der Waals surface area contributed by atoms with Gasteiger partial charge in [0.15, 0.2) is 0 Å². The molecule has 2 heterocycles. The first-order chi connectivity index (χ1) is 30.5. The Morgan fingerprint density at radius 1 is 0.365 bits per heavy atom. The van der Waals surface area contributed by atoms with Crippen molar-refractivity contribution in [3.8, 4) is 67.1 Å². The molecule has 1 aromatic heterocycles. The Kier molecular flexibility index (Phi) is 7.23. The summed E-state index contributed by atoms with van der Waals surface area (Å²) in [6.45, 7) is 14.0. The maximum Gasteiger partial charge on any atom is 0.135 e. The van der Waals surface area contributed by atoms with Crippen LogP contribution in [0.15, 0.2) is 174 Å². The van der Waals surface area contributed by atoms with Gasteiger partial charge in [-0.1, -0.05) is 175 Å². The Morgan fingerprint density at radius 2 is 0.952 bits per heavy atom. The smallest absolute Gasteiger partial charge is 0.135 e. The van der Waals surface area contributed by atoms with Crippen LogP contribution in [-0.4, -0.2) is 0 Å². The third kappa shape index (κ3) is 4.95. The number of hydrogen-bond donors (Lipinski definition) is 0. The van der Waals surface area contributed by atoms with Crippen molar-refractivity contribution in [2.45, 2.75) is 57.8 Å². The van der Waals surface area contributed by atoms with Crippen molar-refractivity contribution in [2.75, 3.05) is 0 Å². The van der Waals surface area contributed by atoms with E-state index in [-0.39, 0.29) is 10.8 Å². The summed E-state index contributed by atoms with van der Waals surface area (Å²) in [6, 6.07) is 63.5. The summed E-state index contributed by atoms with van der Waals surface area (Å²) < 4.78 is 13.0. The number of fused-ring (bicyclic) bond motifs is 15. The molecule has 0 saturated heterocycles. The van der Waals surface area contributed by atoms with Crippen LogP contribution in [0.3, 0.4) is 0 Å². The topological polar surface area (TPSA) is 22.4 Å². The maximum atomic E-state index is 6.81. The Balaban J connectivity index is 1.01. The summed E-state index contributed by atoms with van der Waals surface area (Å²) in [6.07, 6.45) is 0. The van der Waals surface area contributed by atoms with Crippen molar-refractivity contribution in [1.82, 2.24) is 0 Å². The maximum absolute atomic E-state index is 6.81. The lowest BCUT2D eigenvalue weighted by atomic mass is 9.68. The number of benzene rings is 9. The predicted octanol–water partition coefficient (Wildman–Crippen LogP) is 16.8. The number of hydrogen-bond acceptors (Lipinski definition) is 2. The molecular formula is C61H46O2. The summed E-state index contributed by atoms with van der Waals surface area (Å²) >= 11 is 0. The summed E-state index contributed by atoms with van der Waals surface area (Å²) in [7, 11) is 0. The number of ether oxygens (including phenoxy) is 1. The highest BCUT2D eigenvalue weighted by Crippen LogP contribution is 2.65. The van der Waals surface area contributed by atoms with Gasteiger partial charge in [-0.2, -0.15) is 0 Å². The van der Waals surface area contributed by atoms with E-state index in [4.69, 9.17) is 9.15 Å². The SMILES string of the molecule is CC(C)(C)c1ccc2c(c1)C1(c3cc(C(C)(C)C)ccc3-2)c2ccccc2-c2c(-c3ccc4c(c3)-c3cccc5c(-c6ccc7oc8ccccc8c7c6)ccc(c35)O4)cccc21. The van der Waals surface area contributed by atoms with E-state index < -0.39 is 5.41 Å². The predicted molar refractivity (Wildman–Crippen MR) is 261 cm³/mol. The van der Waals surface area contributed by atoms with Gasteiger partial charge in [-0.15, -0.1) is 0 Å². The van der Waals surface area contributed by atoms with E-state index in [0.29, 0.717) is 0 Å². The normalized spacial score (nSPS) is 14.1. The van der Waals surface area contributed by atoms with Crippen molar-refractivity contribution >= 4 is 32.7 Å². The lowest BCUT2D eigenvalue weighted by Gasteiger charge is -2.33. The molecule has 1 aliphatic heterocycles. The zero-order chi connectivity index (χ0) is 42.6. The van der Waals surface area contributed by atoms with Crippen LogP contribution in [-0.2, 0) is 16.2 Å². The molecule has 13 rings (SSSR count). The molecule has 0 radical (unpaired) electrons. The van der Waals surface area contributed by atoms with Crippen LogP contribution in [0.1, 0.15) is 74.9 Å². The van der Waals surface area contributed by atoms with Gasteiger partial charge < -0.3 is 9.15 Å². The molecule has 0 saturated carbocycles. The zero-order valence-electron chi connectivity index (χ0n) is 36.5. The molecule has 0 N–H and O–H groups in total. The first-order valence-electron chi connectivity index (χ1n) is 22.3. The molecular weight excluding hydrogens is 765 g/mol. The highest BCUT2D eigenvalue weighted by molar-refractivity contribution is 6.12. The molecule has 3 aliphatic rings. The van der Waals surface area contributed by atoms with Gasteiger partial charge in [0.25, 0.3) is 0 Å². The summed E-state index contributed by atoms with van der Waals surface area (Å²) in [5, 5.41) is 4.58. The van der Waals surface area contributed by atoms with E-state index >= 15 is 0 Å². The second-order valence-electron chi connectivity index (χ2n) is 20.0. The molecule has 2 aliphatic carbocycles. The molecule has 63 heavy (non-hydrogen) atoms. The van der Waals surface area contributed by atoms with Gasteiger partial charge in [0.1, 0.15) is 22.7 Å². The van der Waals surface area contributed by atoms with Gasteiger partial charge in [0.05, 0.1) is 5.41 Å². The summed E-state index contributed by atoms with van der Waals surface area (Å²) in [5.41, 5.74) is 21.9. The van der Waals surface area contributed by atoms with Crippen molar-refractivity contribution in [2.24, 2.45) is 0 Å². The monoisotopic (exact) mass is 810 g/mol. The van der Waals surface area contributed by atoms with Gasteiger partial charge >= 0.3 is 0 Å². The van der Waals surface area contributed by atoms with Crippen LogP contribution in [0, 0.1) is 0 Å². The van der Waals surface area contributed by atoms with E-state index in [2.05, 4.69) is 199 Å². The number of rotatable bonds is 2. The molecule has 0 bridgehead atoms. The number of para-hydroxylation sites is 1. The minimum absolute atomic E-state index is 0.000105. The highest BCUT2D eigenvalue weighted by atomic mass is 16.5. The van der Waals surface area contributed by atoms with E-state index in [1.165, 1.54) is 83.3 Å². The lowest BCUT2D eigenvalue weighted by Crippen LogP contribution is -2.27. The first-order valence-corrected chi connectivity index (χ1v) is 22.3. The van der Waals surface area contributed by atoms with Crippen LogP contribution in [0.2, 0.25) is 0 Å². The minimum Gasteiger partial charge on any atom is -0.456 e. The van der Waals surface area contributed by atoms with E-state index in [0.717, 1.165) is 50.0 Å². The quantitative estimate of drug-likeness (QED) is 0.174. The largest absolute Gasteiger partial charge is 0.456 e. The lowest BCUT2D eigenvalue weighted by molar-refractivity contribution is 0.487. The van der Waals surface area contributed by atoms with Gasteiger partial charge in [-0.05, 0) is 136 Å². The van der Waals surface area contributed by atoms with Gasteiger partial charge in [-0.25, -0.2) is 0 Å². The first kappa shape index (κ1) is 36.5. The van der Waals surface area contributed by atoms with Crippen LogP contribution in [0.25, 0.3) is 88.3 Å². The molecule has 0 fully saturated rings. The summed E-state index contributed by atoms with van der Waals surface area (Å²) in [4.78, 5) is 0. The Morgan fingerprint density at radius 3 is 1.73 bits per heavy atom. The van der Waals surface area contributed by atoms with E-state index in [1.54, 1.807) is 0 Å². The van der Waals surface area contributed by atoms with Gasteiger partial charge in [0, 0.05) is 21.7 Å². The third-order valence-corrected chi connectivity index (χ3v) is 14.4. The average molecular weight is 811 g/mol. The second-order valence-corrected chi connectivity index (χ2v) is 20.0. The fraction of sp³-hybridized carbons (Fsp3) is 0.148. The van der Waals surface area contributed by atoms with Crippen molar-refractivity contribution < 1.29 is 9.15 Å². The molecule has 0 amide bonds. The van der Waals surface area contributed by atoms with Crippen LogP contribution >= 0.6 is 0 Å². The van der Waals surface area contributed by atoms with Crippen LogP contribution in [0.4, 0.5) is 0 Å². The van der Waals surface area contributed by atoms with E-state index in [1.807, 2.05) is 12.1 Å². The molecule has 0 unspecified atom stereocenters. The highest BCUT2D eigenvalue weighted by Gasteiger charge is 2.52. The van der Waals surface area contributed by atoms with E-state index in [9.17, 15) is 0 Å². The fourth-order valence-corrected chi connectivity index (χ4v) is 11.4. The van der Waals surface area contributed by atoms with Gasteiger partial charge in [0.2, 0.25) is 0 Å². The molecule has 1 spiro atoms. The molecule has 0 atom stereocenters. The van der Waals surface area contributed by atoms with Crippen molar-refractivity contribution in [3.63, 3.8) is 0 Å². The fourth-order valence-electron chi connectivity index (χ4n) is 11.4. The Hall–Kier alpha value is -7.16. The Labute approximate surface area is 368 Å². The van der Waals surface area contributed by atoms with Crippen molar-refractivity contribution in [1.29, 1.82) is 0 Å². The number of furan rings is 1. The van der Waals surface area contributed by atoms with Crippen LogP contribution < -0.4 is 4.74 Å². The van der Waals surface area contributed by atoms with Crippen molar-refractivity contribution in [3.05, 3.63) is 203 Å². The third-order valence-electron chi connectivity index (χ3n) is 14.4. The molecule has 10 aromatic rings. The minimum atomic E-state index is -0.459. The zero-order valence-corrected chi connectivity index (χ0v) is 36.5. The molecule has 9 aromatic carbocycles. The second kappa shape index (κ2) is 12.5. The molecule has 2 heteroatoms.